The van der Waals surface area contributed by atoms with Gasteiger partial charge in [-0.25, -0.2) is 0 Å². The Morgan fingerprint density at radius 3 is 2.31 bits per heavy atom. The SMILES string of the molecule is CN1CC2CC(O)(C(C)(C)C)CC21. The van der Waals surface area contributed by atoms with Gasteiger partial charge in [0.1, 0.15) is 0 Å². The molecule has 0 aromatic rings. The van der Waals surface area contributed by atoms with E-state index < -0.39 is 5.60 Å². The Hall–Kier alpha value is -0.0800. The summed E-state index contributed by atoms with van der Waals surface area (Å²) >= 11 is 0. The summed E-state index contributed by atoms with van der Waals surface area (Å²) in [6.07, 6.45) is 1.98. The highest BCUT2D eigenvalue weighted by molar-refractivity contribution is 5.08. The van der Waals surface area contributed by atoms with Crippen LogP contribution < -0.4 is 0 Å². The van der Waals surface area contributed by atoms with Gasteiger partial charge in [-0.15, -0.1) is 0 Å². The van der Waals surface area contributed by atoms with Gasteiger partial charge in [0.2, 0.25) is 0 Å². The quantitative estimate of drug-likeness (QED) is 0.615. The van der Waals surface area contributed by atoms with Crippen molar-refractivity contribution in [2.75, 3.05) is 13.6 Å². The molecule has 13 heavy (non-hydrogen) atoms. The molecule has 2 heteroatoms. The van der Waals surface area contributed by atoms with Crippen LogP contribution >= 0.6 is 0 Å². The van der Waals surface area contributed by atoms with Crippen molar-refractivity contribution in [3.05, 3.63) is 0 Å². The second-order valence-electron chi connectivity index (χ2n) is 5.96. The minimum atomic E-state index is -0.424. The van der Waals surface area contributed by atoms with Gasteiger partial charge in [-0.1, -0.05) is 20.8 Å². The van der Waals surface area contributed by atoms with E-state index in [4.69, 9.17) is 0 Å². The van der Waals surface area contributed by atoms with E-state index in [1.165, 1.54) is 6.54 Å². The first-order chi connectivity index (χ1) is 5.83. The second-order valence-corrected chi connectivity index (χ2v) is 5.96. The highest BCUT2D eigenvalue weighted by Gasteiger charge is 2.55. The van der Waals surface area contributed by atoms with E-state index in [9.17, 15) is 5.11 Å². The van der Waals surface area contributed by atoms with Crippen molar-refractivity contribution >= 4 is 0 Å². The van der Waals surface area contributed by atoms with Crippen molar-refractivity contribution in [3.8, 4) is 0 Å². The number of hydrogen-bond acceptors (Lipinski definition) is 2. The first kappa shape index (κ1) is 9.47. The predicted molar refractivity (Wildman–Crippen MR) is 53.5 cm³/mol. The molecule has 0 aromatic heterocycles. The molecular weight excluding hydrogens is 162 g/mol. The molecule has 1 aliphatic heterocycles. The van der Waals surface area contributed by atoms with Crippen molar-refractivity contribution in [2.45, 2.75) is 45.3 Å². The predicted octanol–water partition coefficient (Wildman–Crippen LogP) is 1.49. The van der Waals surface area contributed by atoms with Crippen molar-refractivity contribution in [1.29, 1.82) is 0 Å². The van der Waals surface area contributed by atoms with Crippen LogP contribution in [-0.2, 0) is 0 Å². The highest BCUT2D eigenvalue weighted by Crippen LogP contribution is 2.50. The topological polar surface area (TPSA) is 23.5 Å². The zero-order chi connectivity index (χ0) is 9.85. The Labute approximate surface area is 80.9 Å². The molecule has 1 heterocycles. The number of aliphatic hydroxyl groups is 1. The van der Waals surface area contributed by atoms with Gasteiger partial charge >= 0.3 is 0 Å². The lowest BCUT2D eigenvalue weighted by Gasteiger charge is -2.41. The Morgan fingerprint density at radius 2 is 1.92 bits per heavy atom. The molecule has 2 rings (SSSR count). The molecule has 76 valence electrons. The van der Waals surface area contributed by atoms with Crippen LogP contribution in [0.15, 0.2) is 0 Å². The largest absolute Gasteiger partial charge is 0.389 e. The normalized spacial score (nSPS) is 45.9. The summed E-state index contributed by atoms with van der Waals surface area (Å²) in [4.78, 5) is 2.37. The number of nitrogens with zero attached hydrogens (tertiary/aromatic N) is 1. The summed E-state index contributed by atoms with van der Waals surface area (Å²) in [5, 5.41) is 10.5. The molecule has 2 nitrogen and oxygen atoms in total. The standard InChI is InChI=1S/C11H21NO/c1-10(2,3)11(13)5-8-7-12(4)9(8)6-11/h8-9,13H,5-7H2,1-4H3. The number of hydrogen-bond donors (Lipinski definition) is 1. The Kier molecular flexibility index (Phi) is 1.81. The third-order valence-corrected chi connectivity index (χ3v) is 4.18. The van der Waals surface area contributed by atoms with Crippen LogP contribution in [0, 0.1) is 11.3 Å². The summed E-state index contributed by atoms with van der Waals surface area (Å²) in [6.45, 7) is 7.64. The molecule has 0 aromatic carbocycles. The minimum Gasteiger partial charge on any atom is -0.389 e. The molecule has 1 N–H and O–H groups in total. The summed E-state index contributed by atoms with van der Waals surface area (Å²) < 4.78 is 0. The molecule has 1 aliphatic carbocycles. The van der Waals surface area contributed by atoms with Gasteiger partial charge in [0.15, 0.2) is 0 Å². The van der Waals surface area contributed by atoms with Crippen molar-refractivity contribution in [2.24, 2.45) is 11.3 Å². The van der Waals surface area contributed by atoms with E-state index >= 15 is 0 Å². The third kappa shape index (κ3) is 1.23. The molecule has 0 bridgehead atoms. The van der Waals surface area contributed by atoms with E-state index in [1.807, 2.05) is 0 Å². The van der Waals surface area contributed by atoms with Gasteiger partial charge in [-0.2, -0.15) is 0 Å². The molecule has 2 aliphatic rings. The monoisotopic (exact) mass is 183 g/mol. The van der Waals surface area contributed by atoms with Crippen LogP contribution in [0.2, 0.25) is 0 Å². The lowest BCUT2D eigenvalue weighted by Crippen LogP contribution is -2.50. The maximum Gasteiger partial charge on any atom is 0.0714 e. The van der Waals surface area contributed by atoms with E-state index in [-0.39, 0.29) is 5.41 Å². The molecule has 3 atom stereocenters. The molecule has 0 amide bonds. The lowest BCUT2D eigenvalue weighted by atomic mass is 9.75. The van der Waals surface area contributed by atoms with Crippen molar-refractivity contribution in [3.63, 3.8) is 0 Å². The van der Waals surface area contributed by atoms with E-state index in [1.54, 1.807) is 0 Å². The summed E-state index contributed by atoms with van der Waals surface area (Å²) in [5.74, 6) is 0.759. The van der Waals surface area contributed by atoms with Crippen LogP contribution in [0.25, 0.3) is 0 Å². The number of rotatable bonds is 0. The number of fused-ring (bicyclic) bond motifs is 1. The average Bonchev–Trinajstić information content (AvgIpc) is 2.24. The van der Waals surface area contributed by atoms with E-state index in [2.05, 4.69) is 32.7 Å². The van der Waals surface area contributed by atoms with Crippen LogP contribution in [0.3, 0.4) is 0 Å². The summed E-state index contributed by atoms with van der Waals surface area (Å²) in [6, 6.07) is 0.657. The smallest absolute Gasteiger partial charge is 0.0714 e. The third-order valence-electron chi connectivity index (χ3n) is 4.18. The Morgan fingerprint density at radius 1 is 1.31 bits per heavy atom. The van der Waals surface area contributed by atoms with Gasteiger partial charge < -0.3 is 10.0 Å². The minimum absolute atomic E-state index is 0.0329. The average molecular weight is 183 g/mol. The molecular formula is C11H21NO. The van der Waals surface area contributed by atoms with Gasteiger partial charge in [0.05, 0.1) is 5.60 Å². The van der Waals surface area contributed by atoms with Crippen LogP contribution in [0.4, 0.5) is 0 Å². The van der Waals surface area contributed by atoms with Crippen LogP contribution in [0.5, 0.6) is 0 Å². The molecule has 0 spiro atoms. The lowest BCUT2D eigenvalue weighted by molar-refractivity contribution is -0.0539. The van der Waals surface area contributed by atoms with Gasteiger partial charge in [-0.3, -0.25) is 0 Å². The Balaban J connectivity index is 2.12. The van der Waals surface area contributed by atoms with Gasteiger partial charge in [0.25, 0.3) is 0 Å². The fraction of sp³-hybridized carbons (Fsp3) is 1.00. The fourth-order valence-corrected chi connectivity index (χ4v) is 2.85. The maximum absolute atomic E-state index is 10.5. The number of likely N-dealkylation sites (tertiary alicyclic amines) is 1. The fourth-order valence-electron chi connectivity index (χ4n) is 2.85. The van der Waals surface area contributed by atoms with Crippen LogP contribution in [0.1, 0.15) is 33.6 Å². The van der Waals surface area contributed by atoms with Crippen LogP contribution in [-0.4, -0.2) is 35.2 Å². The summed E-state index contributed by atoms with van der Waals surface area (Å²) in [7, 11) is 2.16. The second kappa shape index (κ2) is 2.48. The summed E-state index contributed by atoms with van der Waals surface area (Å²) in [5.41, 5.74) is -0.391. The first-order valence-electron chi connectivity index (χ1n) is 5.26. The molecule has 1 saturated heterocycles. The maximum atomic E-state index is 10.5. The van der Waals surface area contributed by atoms with Gasteiger partial charge in [0, 0.05) is 12.6 Å². The van der Waals surface area contributed by atoms with E-state index in [0.29, 0.717) is 6.04 Å². The van der Waals surface area contributed by atoms with Crippen molar-refractivity contribution < 1.29 is 5.11 Å². The Bertz CT molecular complexity index is 221. The zero-order valence-electron chi connectivity index (χ0n) is 9.17. The molecule has 0 radical (unpaired) electrons. The van der Waals surface area contributed by atoms with Gasteiger partial charge in [-0.05, 0) is 31.2 Å². The molecule has 3 unspecified atom stereocenters. The first-order valence-corrected chi connectivity index (χ1v) is 5.26. The zero-order valence-corrected chi connectivity index (χ0v) is 9.17. The van der Waals surface area contributed by atoms with Crippen molar-refractivity contribution in [1.82, 2.24) is 4.90 Å². The molecule has 1 saturated carbocycles. The highest BCUT2D eigenvalue weighted by atomic mass is 16.3. The van der Waals surface area contributed by atoms with E-state index in [0.717, 1.165) is 18.8 Å². The molecule has 2 fully saturated rings.